The highest BCUT2D eigenvalue weighted by Gasteiger charge is 2.34. The molecule has 1 fully saturated rings. The molecule has 37 heavy (non-hydrogen) atoms. The third kappa shape index (κ3) is 4.31. The molecule has 1 saturated carbocycles. The number of pyridine rings is 1. The van der Waals surface area contributed by atoms with Crippen LogP contribution < -0.4 is 5.32 Å². The zero-order valence-electron chi connectivity index (χ0n) is 21.0. The van der Waals surface area contributed by atoms with Crippen LogP contribution in [0.2, 0.25) is 0 Å². The Kier molecular flexibility index (Phi) is 5.64. The summed E-state index contributed by atoms with van der Waals surface area (Å²) in [5.74, 6) is 0.0261. The number of hydrogen-bond donors (Lipinski definition) is 1. The van der Waals surface area contributed by atoms with E-state index in [1.807, 2.05) is 54.9 Å². The minimum Gasteiger partial charge on any atom is -0.320 e. The number of anilines is 1. The van der Waals surface area contributed by atoms with Crippen LogP contribution in [-0.4, -0.2) is 35.7 Å². The Labute approximate surface area is 215 Å². The molecular formula is C29H27N7O. The van der Waals surface area contributed by atoms with Crippen molar-refractivity contribution in [2.24, 2.45) is 0 Å². The fourth-order valence-electron chi connectivity index (χ4n) is 4.83. The second-order valence-corrected chi connectivity index (χ2v) is 9.49. The number of para-hydroxylation sites is 1. The second kappa shape index (κ2) is 9.13. The Morgan fingerprint density at radius 1 is 0.919 bits per heavy atom. The summed E-state index contributed by atoms with van der Waals surface area (Å²) in [4.78, 5) is 17.3. The van der Waals surface area contributed by atoms with Crippen molar-refractivity contribution >= 4 is 11.6 Å². The van der Waals surface area contributed by atoms with Crippen LogP contribution in [-0.2, 0) is 0 Å². The van der Waals surface area contributed by atoms with E-state index in [0.29, 0.717) is 11.4 Å². The summed E-state index contributed by atoms with van der Waals surface area (Å²) < 4.78 is 3.79. The molecule has 3 aromatic heterocycles. The van der Waals surface area contributed by atoms with E-state index in [1.165, 1.54) is 0 Å². The Morgan fingerprint density at radius 2 is 1.65 bits per heavy atom. The summed E-state index contributed by atoms with van der Waals surface area (Å²) in [5, 5.41) is 16.4. The van der Waals surface area contributed by atoms with Crippen molar-refractivity contribution in [1.29, 1.82) is 0 Å². The Morgan fingerprint density at radius 3 is 2.35 bits per heavy atom. The van der Waals surface area contributed by atoms with E-state index in [1.54, 1.807) is 16.9 Å². The van der Waals surface area contributed by atoms with Gasteiger partial charge in [-0.15, -0.1) is 5.10 Å². The maximum absolute atomic E-state index is 13.1. The smallest absolute Gasteiger partial charge is 0.278 e. The first-order valence-corrected chi connectivity index (χ1v) is 12.4. The lowest BCUT2D eigenvalue weighted by molar-refractivity contribution is 0.102. The Hall–Kier alpha value is -4.59. The molecule has 0 saturated heterocycles. The highest BCUT2D eigenvalue weighted by molar-refractivity contribution is 6.03. The standard InChI is InChI=1S/C29H27N7O/c1-18-17-23(15-16-30-18)31-29(37)27-28(22-9-10-22)36(34-32-27)25-13-11-21(12-14-25)26-19(2)33-35(20(26)3)24-7-5-4-6-8-24/h4-8,11-17,22H,9-10H2,1-3H3,(H,30,31,37). The van der Waals surface area contributed by atoms with E-state index in [-0.39, 0.29) is 11.8 Å². The summed E-state index contributed by atoms with van der Waals surface area (Å²) in [6.07, 6.45) is 3.73. The molecule has 184 valence electrons. The first-order valence-electron chi connectivity index (χ1n) is 12.4. The molecule has 0 atom stereocenters. The highest BCUT2D eigenvalue weighted by Crippen LogP contribution is 2.42. The summed E-state index contributed by atoms with van der Waals surface area (Å²) in [6, 6.07) is 22.0. The number of nitrogens with zero attached hydrogens (tertiary/aromatic N) is 6. The minimum atomic E-state index is -0.255. The van der Waals surface area contributed by atoms with Gasteiger partial charge in [-0.05, 0) is 75.6 Å². The number of aryl methyl sites for hydroxylation is 2. The molecule has 0 unspecified atom stereocenters. The first-order chi connectivity index (χ1) is 18.0. The quantitative estimate of drug-likeness (QED) is 0.337. The third-order valence-electron chi connectivity index (χ3n) is 6.73. The van der Waals surface area contributed by atoms with Crippen LogP contribution in [0.1, 0.15) is 52.0 Å². The zero-order valence-corrected chi connectivity index (χ0v) is 21.0. The molecule has 0 spiro atoms. The van der Waals surface area contributed by atoms with Crippen LogP contribution in [0, 0.1) is 20.8 Å². The topological polar surface area (TPSA) is 90.5 Å². The lowest BCUT2D eigenvalue weighted by Crippen LogP contribution is -2.15. The van der Waals surface area contributed by atoms with Crippen molar-refractivity contribution in [3.63, 3.8) is 0 Å². The molecule has 0 bridgehead atoms. The van der Waals surface area contributed by atoms with Crippen LogP contribution in [0.4, 0.5) is 5.69 Å². The Balaban J connectivity index is 1.31. The molecule has 1 amide bonds. The molecule has 0 radical (unpaired) electrons. The van der Waals surface area contributed by atoms with E-state index in [9.17, 15) is 4.79 Å². The van der Waals surface area contributed by atoms with Gasteiger partial charge in [-0.25, -0.2) is 9.36 Å². The third-order valence-corrected chi connectivity index (χ3v) is 6.73. The predicted octanol–water partition coefficient (Wildman–Crippen LogP) is 5.57. The van der Waals surface area contributed by atoms with Crippen LogP contribution in [0.15, 0.2) is 72.9 Å². The summed E-state index contributed by atoms with van der Waals surface area (Å²) in [6.45, 7) is 6.02. The number of amides is 1. The van der Waals surface area contributed by atoms with E-state index in [2.05, 4.69) is 51.8 Å². The summed E-state index contributed by atoms with van der Waals surface area (Å²) in [7, 11) is 0. The average molecular weight is 490 g/mol. The first kappa shape index (κ1) is 22.8. The largest absolute Gasteiger partial charge is 0.320 e. The molecule has 1 aliphatic carbocycles. The van der Waals surface area contributed by atoms with Crippen molar-refractivity contribution in [2.75, 3.05) is 5.32 Å². The number of rotatable bonds is 6. The molecule has 1 N–H and O–H groups in total. The van der Waals surface area contributed by atoms with E-state index in [0.717, 1.165) is 58.1 Å². The maximum Gasteiger partial charge on any atom is 0.278 e. The maximum atomic E-state index is 13.1. The van der Waals surface area contributed by atoms with Gasteiger partial charge in [0.05, 0.1) is 22.8 Å². The number of carbonyl (C=O) groups excluding carboxylic acids is 1. The van der Waals surface area contributed by atoms with Crippen LogP contribution >= 0.6 is 0 Å². The SMILES string of the molecule is Cc1cc(NC(=O)c2nnn(-c3ccc(-c4c(C)nn(-c5ccccc5)c4C)cc3)c2C2CC2)ccn1. The molecule has 5 aromatic rings. The fraction of sp³-hybridized carbons (Fsp3) is 0.207. The number of hydrogen-bond acceptors (Lipinski definition) is 5. The molecular weight excluding hydrogens is 462 g/mol. The monoisotopic (exact) mass is 489 g/mol. The van der Waals surface area contributed by atoms with E-state index in [4.69, 9.17) is 5.10 Å². The Bertz CT molecular complexity index is 1600. The van der Waals surface area contributed by atoms with Crippen molar-refractivity contribution < 1.29 is 4.79 Å². The van der Waals surface area contributed by atoms with Crippen molar-refractivity contribution in [2.45, 2.75) is 39.5 Å². The van der Waals surface area contributed by atoms with Crippen LogP contribution in [0.25, 0.3) is 22.5 Å². The number of carbonyl (C=O) groups is 1. The zero-order chi connectivity index (χ0) is 25.5. The summed E-state index contributed by atoms with van der Waals surface area (Å²) >= 11 is 0. The van der Waals surface area contributed by atoms with Crippen LogP contribution in [0.3, 0.4) is 0 Å². The molecule has 0 aliphatic heterocycles. The molecule has 3 heterocycles. The minimum absolute atomic E-state index is 0.255. The molecule has 6 rings (SSSR count). The highest BCUT2D eigenvalue weighted by atomic mass is 16.2. The second-order valence-electron chi connectivity index (χ2n) is 9.49. The summed E-state index contributed by atoms with van der Waals surface area (Å²) in [5.41, 5.74) is 8.93. The fourth-order valence-corrected chi connectivity index (χ4v) is 4.83. The molecule has 8 heteroatoms. The normalized spacial score (nSPS) is 13.1. The van der Waals surface area contributed by atoms with Crippen LogP contribution in [0.5, 0.6) is 0 Å². The van der Waals surface area contributed by atoms with Gasteiger partial charge in [0.25, 0.3) is 5.91 Å². The van der Waals surface area contributed by atoms with Gasteiger partial charge >= 0.3 is 0 Å². The average Bonchev–Trinajstić information content (AvgIpc) is 3.57. The van der Waals surface area contributed by atoms with Gasteiger partial charge in [0, 0.05) is 34.8 Å². The lowest BCUT2D eigenvalue weighted by Gasteiger charge is -2.10. The van der Waals surface area contributed by atoms with Gasteiger partial charge in [-0.2, -0.15) is 5.10 Å². The lowest BCUT2D eigenvalue weighted by atomic mass is 10.0. The predicted molar refractivity (Wildman–Crippen MR) is 142 cm³/mol. The molecule has 1 aliphatic rings. The number of nitrogens with one attached hydrogen (secondary N) is 1. The van der Waals surface area contributed by atoms with E-state index < -0.39 is 0 Å². The van der Waals surface area contributed by atoms with Gasteiger partial charge in [-0.1, -0.05) is 35.5 Å². The van der Waals surface area contributed by atoms with E-state index >= 15 is 0 Å². The number of aromatic nitrogens is 6. The van der Waals surface area contributed by atoms with Gasteiger partial charge in [-0.3, -0.25) is 9.78 Å². The van der Waals surface area contributed by atoms with Gasteiger partial charge in [0.1, 0.15) is 0 Å². The number of benzene rings is 2. The van der Waals surface area contributed by atoms with Crippen molar-refractivity contribution in [1.82, 2.24) is 29.8 Å². The van der Waals surface area contributed by atoms with Crippen molar-refractivity contribution in [3.05, 3.63) is 101 Å². The van der Waals surface area contributed by atoms with Gasteiger partial charge in [0.15, 0.2) is 5.69 Å². The molecule has 8 nitrogen and oxygen atoms in total. The van der Waals surface area contributed by atoms with Gasteiger partial charge in [0.2, 0.25) is 0 Å². The van der Waals surface area contributed by atoms with Crippen molar-refractivity contribution in [3.8, 4) is 22.5 Å². The molecule has 2 aromatic carbocycles. The van der Waals surface area contributed by atoms with Gasteiger partial charge < -0.3 is 5.32 Å².